The first-order chi connectivity index (χ1) is 26.8. The standard InChI is InChI=1S/C28H29FN6O4.C11H12N4O2/c1-28(2,3)24-15-25(35(34-24)18-7-5-6-17(12-18)16-36)33-27(38)32-22-9-8-19(13-21(22)29)39-20-10-11-31-23(14-20)26(37)30-4;1-14(17)11(16)15(10-7-8-12-13-10)9-5-3-2-4-6-9/h5-15,36H,16H2,1-4H3,(H,30,37)(H2,32,33,38);2-8,17H,1H3,(H,12,13). The van der Waals surface area contributed by atoms with Crippen molar-refractivity contribution < 1.29 is 33.8 Å². The van der Waals surface area contributed by atoms with Gasteiger partial charge in [0, 0.05) is 50.0 Å². The van der Waals surface area contributed by atoms with Gasteiger partial charge >= 0.3 is 12.1 Å². The van der Waals surface area contributed by atoms with Gasteiger partial charge in [0.25, 0.3) is 5.91 Å². The molecule has 0 aliphatic heterocycles. The van der Waals surface area contributed by atoms with E-state index in [1.807, 2.05) is 39.0 Å². The number of nitrogens with one attached hydrogen (secondary N) is 4. The number of amides is 5. The van der Waals surface area contributed by atoms with Gasteiger partial charge in [0.2, 0.25) is 0 Å². The number of H-pyrrole nitrogens is 1. The van der Waals surface area contributed by atoms with E-state index >= 15 is 0 Å². The molecule has 0 saturated carbocycles. The molecule has 16 nitrogen and oxygen atoms in total. The molecule has 3 aromatic carbocycles. The van der Waals surface area contributed by atoms with Crippen LogP contribution in [0.15, 0.2) is 109 Å². The maximum Gasteiger partial charge on any atom is 0.353 e. The molecule has 3 heterocycles. The monoisotopic (exact) mass is 764 g/mol. The molecule has 6 rings (SSSR count). The Morgan fingerprint density at radius 1 is 0.911 bits per heavy atom. The number of benzene rings is 3. The third-order valence-corrected chi connectivity index (χ3v) is 7.88. The van der Waals surface area contributed by atoms with E-state index < -0.39 is 17.9 Å². The summed E-state index contributed by atoms with van der Waals surface area (Å²) in [5.74, 6) is 0.232. The normalized spacial score (nSPS) is 10.8. The minimum atomic E-state index is -0.720. The first-order valence-corrected chi connectivity index (χ1v) is 17.1. The third-order valence-electron chi connectivity index (χ3n) is 7.88. The summed E-state index contributed by atoms with van der Waals surface area (Å²) < 4.78 is 22.1. The molecule has 56 heavy (non-hydrogen) atoms. The molecule has 0 aliphatic rings. The topological polar surface area (TPSA) is 203 Å². The minimum absolute atomic E-state index is 0.0648. The molecule has 0 spiro atoms. The number of hydroxylamine groups is 2. The highest BCUT2D eigenvalue weighted by Crippen LogP contribution is 2.29. The molecule has 290 valence electrons. The number of anilines is 4. The van der Waals surface area contributed by atoms with Gasteiger partial charge in [0.15, 0.2) is 0 Å². The molecular formula is C39H41FN10O6. The number of aromatic amines is 1. The average molecular weight is 765 g/mol. The Hall–Kier alpha value is -7.11. The summed E-state index contributed by atoms with van der Waals surface area (Å²) in [6, 6.07) is 25.2. The Morgan fingerprint density at radius 2 is 1.66 bits per heavy atom. The van der Waals surface area contributed by atoms with Gasteiger partial charge in [-0.05, 0) is 48.0 Å². The molecule has 3 aromatic heterocycles. The minimum Gasteiger partial charge on any atom is -0.457 e. The molecule has 5 amide bonds. The summed E-state index contributed by atoms with van der Waals surface area (Å²) in [6.45, 7) is 5.86. The van der Waals surface area contributed by atoms with E-state index in [0.29, 0.717) is 39.4 Å². The zero-order chi connectivity index (χ0) is 40.4. The van der Waals surface area contributed by atoms with Crippen LogP contribution in [0.4, 0.5) is 37.0 Å². The van der Waals surface area contributed by atoms with E-state index in [9.17, 15) is 29.1 Å². The fraction of sp³-hybridized carbons (Fsp3) is 0.179. The number of nitrogens with zero attached hydrogens (tertiary/aromatic N) is 6. The first-order valence-electron chi connectivity index (χ1n) is 17.1. The fourth-order valence-electron chi connectivity index (χ4n) is 5.06. The van der Waals surface area contributed by atoms with E-state index in [2.05, 4.69) is 36.2 Å². The van der Waals surface area contributed by atoms with Crippen LogP contribution in [0.2, 0.25) is 0 Å². The molecule has 0 radical (unpaired) electrons. The highest BCUT2D eigenvalue weighted by molar-refractivity contribution is 6.00. The molecule has 6 aromatic rings. The summed E-state index contributed by atoms with van der Waals surface area (Å²) in [5, 5.41) is 38.1. The van der Waals surface area contributed by atoms with Crippen molar-refractivity contribution in [2.75, 3.05) is 29.6 Å². The predicted octanol–water partition coefficient (Wildman–Crippen LogP) is 6.98. The van der Waals surface area contributed by atoms with Crippen molar-refractivity contribution in [1.82, 2.24) is 35.3 Å². The zero-order valence-corrected chi connectivity index (χ0v) is 31.2. The van der Waals surface area contributed by atoms with Gasteiger partial charge in [-0.3, -0.25) is 25.4 Å². The van der Waals surface area contributed by atoms with Crippen molar-refractivity contribution in [2.24, 2.45) is 0 Å². The van der Waals surface area contributed by atoms with E-state index in [0.717, 1.165) is 11.8 Å². The van der Waals surface area contributed by atoms with Crippen LogP contribution < -0.4 is 25.6 Å². The number of para-hydroxylation sites is 1. The van der Waals surface area contributed by atoms with Crippen molar-refractivity contribution >= 4 is 41.0 Å². The van der Waals surface area contributed by atoms with Gasteiger partial charge < -0.3 is 20.5 Å². The molecule has 17 heteroatoms. The number of halogens is 1. The second kappa shape index (κ2) is 17.8. The maximum atomic E-state index is 14.9. The Labute approximate surface area is 321 Å². The number of carbonyl (C=O) groups is 3. The molecule has 0 bridgehead atoms. The van der Waals surface area contributed by atoms with E-state index in [-0.39, 0.29) is 35.1 Å². The third kappa shape index (κ3) is 10.1. The van der Waals surface area contributed by atoms with Gasteiger partial charge in [-0.25, -0.2) is 28.6 Å². The van der Waals surface area contributed by atoms with Gasteiger partial charge in [-0.2, -0.15) is 10.2 Å². The average Bonchev–Trinajstić information content (AvgIpc) is 3.88. The lowest BCUT2D eigenvalue weighted by atomic mass is 9.92. The lowest BCUT2D eigenvalue weighted by Crippen LogP contribution is -2.36. The lowest BCUT2D eigenvalue weighted by Gasteiger charge is -2.23. The SMILES string of the molecule is CN(O)C(=O)N(c1ccccc1)c1ccn[nH]1.CNC(=O)c1cc(Oc2ccc(NC(=O)Nc3cc(C(C)(C)C)nn3-c3cccc(CO)c3)c(F)c2)ccn1. The fourth-order valence-corrected chi connectivity index (χ4v) is 5.06. The van der Waals surface area contributed by atoms with Crippen LogP contribution in [0, 0.1) is 5.82 Å². The van der Waals surface area contributed by atoms with E-state index in [1.165, 1.54) is 55.7 Å². The van der Waals surface area contributed by atoms with Crippen LogP contribution in [0.5, 0.6) is 11.5 Å². The number of hydrogen-bond donors (Lipinski definition) is 6. The number of urea groups is 2. The molecule has 0 unspecified atom stereocenters. The van der Waals surface area contributed by atoms with Crippen molar-refractivity contribution in [1.29, 1.82) is 0 Å². The second-order valence-corrected chi connectivity index (χ2v) is 13.1. The van der Waals surface area contributed by atoms with Crippen LogP contribution >= 0.6 is 0 Å². The Bertz CT molecular complexity index is 2270. The number of hydrogen-bond acceptors (Lipinski definition) is 9. The maximum absolute atomic E-state index is 14.9. The molecule has 6 N–H and O–H groups in total. The number of aromatic nitrogens is 5. The highest BCUT2D eigenvalue weighted by Gasteiger charge is 2.23. The van der Waals surface area contributed by atoms with Crippen molar-refractivity contribution in [3.05, 3.63) is 132 Å². The van der Waals surface area contributed by atoms with Crippen LogP contribution in [0.25, 0.3) is 5.69 Å². The largest absolute Gasteiger partial charge is 0.457 e. The summed E-state index contributed by atoms with van der Waals surface area (Å²) in [7, 11) is 2.76. The smallest absolute Gasteiger partial charge is 0.353 e. The molecule has 0 atom stereocenters. The van der Waals surface area contributed by atoms with Crippen LogP contribution in [0.3, 0.4) is 0 Å². The van der Waals surface area contributed by atoms with Crippen molar-refractivity contribution in [3.63, 3.8) is 0 Å². The second-order valence-electron chi connectivity index (χ2n) is 13.1. The van der Waals surface area contributed by atoms with E-state index in [4.69, 9.17) is 4.74 Å². The van der Waals surface area contributed by atoms with Gasteiger partial charge in [-0.1, -0.05) is 51.1 Å². The summed E-state index contributed by atoms with van der Waals surface area (Å²) in [5.41, 5.74) is 2.50. The number of ether oxygens (including phenoxy) is 1. The van der Waals surface area contributed by atoms with Crippen LogP contribution in [-0.4, -0.2) is 72.4 Å². The molecule has 0 aliphatic carbocycles. The lowest BCUT2D eigenvalue weighted by molar-refractivity contribution is -0.0140. The number of rotatable bonds is 9. The first kappa shape index (κ1) is 40.1. The van der Waals surface area contributed by atoms with Gasteiger partial charge in [0.05, 0.1) is 35.6 Å². The van der Waals surface area contributed by atoms with Gasteiger partial charge in [-0.15, -0.1) is 0 Å². The zero-order valence-electron chi connectivity index (χ0n) is 31.2. The molecule has 0 saturated heterocycles. The Morgan fingerprint density at radius 3 is 2.30 bits per heavy atom. The van der Waals surface area contributed by atoms with Crippen LogP contribution in [0.1, 0.15) is 42.5 Å². The Balaban J connectivity index is 0.000000293. The number of carbonyl (C=O) groups excluding carboxylic acids is 3. The van der Waals surface area contributed by atoms with Crippen LogP contribution in [-0.2, 0) is 12.0 Å². The molecular weight excluding hydrogens is 723 g/mol. The van der Waals surface area contributed by atoms with Crippen molar-refractivity contribution in [3.8, 4) is 17.2 Å². The highest BCUT2D eigenvalue weighted by atomic mass is 19.1. The molecule has 0 fully saturated rings. The summed E-state index contributed by atoms with van der Waals surface area (Å²) in [6.07, 6.45) is 2.95. The van der Waals surface area contributed by atoms with E-state index in [1.54, 1.807) is 53.2 Å². The van der Waals surface area contributed by atoms with Crippen molar-refractivity contribution in [2.45, 2.75) is 32.8 Å². The number of aliphatic hydroxyl groups is 1. The number of aliphatic hydroxyl groups excluding tert-OH is 1. The Kier molecular flexibility index (Phi) is 12.7. The van der Waals surface area contributed by atoms with Gasteiger partial charge in [0.1, 0.15) is 34.6 Å². The predicted molar refractivity (Wildman–Crippen MR) is 207 cm³/mol. The summed E-state index contributed by atoms with van der Waals surface area (Å²) >= 11 is 0. The quantitative estimate of drug-likeness (QED) is 0.0663. The number of pyridine rings is 1. The summed E-state index contributed by atoms with van der Waals surface area (Å²) in [4.78, 5) is 41.8.